The molecule has 7 heteroatoms. The minimum atomic E-state index is -3.64. The molecule has 1 fully saturated rings. The Balaban J connectivity index is 1.86. The zero-order chi connectivity index (χ0) is 16.3. The second-order valence-corrected chi connectivity index (χ2v) is 7.30. The Labute approximate surface area is 132 Å². The summed E-state index contributed by atoms with van der Waals surface area (Å²) in [6, 6.07) is 6.24. The molecule has 2 rings (SSSR count). The van der Waals surface area contributed by atoms with Crippen molar-refractivity contribution >= 4 is 16.1 Å². The first-order chi connectivity index (χ1) is 10.3. The molecular formula is C15H23N3O3S. The minimum Gasteiger partial charge on any atom is -0.340 e. The Morgan fingerprint density at radius 2 is 1.82 bits per heavy atom. The monoisotopic (exact) mass is 325 g/mol. The van der Waals surface area contributed by atoms with E-state index in [9.17, 15) is 13.2 Å². The summed E-state index contributed by atoms with van der Waals surface area (Å²) >= 11 is 0. The topological polar surface area (TPSA) is 83.7 Å². The third-order valence-corrected chi connectivity index (χ3v) is 5.14. The van der Waals surface area contributed by atoms with Gasteiger partial charge in [0.15, 0.2) is 0 Å². The van der Waals surface area contributed by atoms with Gasteiger partial charge in [-0.05, 0) is 31.4 Å². The highest BCUT2D eigenvalue weighted by atomic mass is 32.2. The number of nitrogens with zero attached hydrogens (tertiary/aromatic N) is 2. The minimum absolute atomic E-state index is 0.0639. The fraction of sp³-hybridized carbons (Fsp3) is 0.533. The molecule has 0 atom stereocenters. The van der Waals surface area contributed by atoms with Gasteiger partial charge in [-0.25, -0.2) is 5.14 Å². The van der Waals surface area contributed by atoms with Crippen LogP contribution in [-0.2, 0) is 21.4 Å². The molecule has 2 N–H and O–H groups in total. The molecule has 1 aliphatic heterocycles. The molecule has 122 valence electrons. The largest absolute Gasteiger partial charge is 0.340 e. The Kier molecular flexibility index (Phi) is 5.20. The van der Waals surface area contributed by atoms with E-state index in [0.717, 1.165) is 0 Å². The van der Waals surface area contributed by atoms with E-state index in [4.69, 9.17) is 5.14 Å². The molecule has 0 saturated carbocycles. The molecule has 1 aromatic rings. The van der Waals surface area contributed by atoms with Crippen LogP contribution < -0.4 is 5.14 Å². The van der Waals surface area contributed by atoms with Gasteiger partial charge in [0.2, 0.25) is 5.91 Å². The van der Waals surface area contributed by atoms with Crippen LogP contribution in [0.4, 0.5) is 0 Å². The average molecular weight is 325 g/mol. The standard InChI is InChI=1S/C15H23N3O3S/c1-12-3-4-14(13(2)11-12)5-6-15(19)17-7-9-18(10-8-17)22(16,20)21/h3-4,11H,5-10H2,1-2H3,(H2,16,20,21). The summed E-state index contributed by atoms with van der Waals surface area (Å²) in [5.41, 5.74) is 3.60. The lowest BCUT2D eigenvalue weighted by molar-refractivity contribution is -0.132. The van der Waals surface area contributed by atoms with E-state index in [1.807, 2.05) is 6.92 Å². The third-order valence-electron chi connectivity index (χ3n) is 4.06. The quantitative estimate of drug-likeness (QED) is 0.879. The summed E-state index contributed by atoms with van der Waals surface area (Å²) in [7, 11) is -3.64. The molecule has 0 spiro atoms. The number of hydrogen-bond donors (Lipinski definition) is 1. The number of carbonyl (C=O) groups excluding carboxylic acids is 1. The lowest BCUT2D eigenvalue weighted by Crippen LogP contribution is -2.52. The van der Waals surface area contributed by atoms with E-state index in [1.54, 1.807) is 4.90 Å². The second-order valence-electron chi connectivity index (χ2n) is 5.75. The van der Waals surface area contributed by atoms with Crippen molar-refractivity contribution < 1.29 is 13.2 Å². The molecule has 0 unspecified atom stereocenters. The molecule has 1 aliphatic rings. The number of carbonyl (C=O) groups is 1. The van der Waals surface area contributed by atoms with Crippen LogP contribution in [0.5, 0.6) is 0 Å². The maximum absolute atomic E-state index is 12.2. The van der Waals surface area contributed by atoms with Gasteiger partial charge in [-0.1, -0.05) is 23.8 Å². The van der Waals surface area contributed by atoms with Crippen LogP contribution in [0.15, 0.2) is 18.2 Å². The van der Waals surface area contributed by atoms with Crippen molar-refractivity contribution in [3.63, 3.8) is 0 Å². The molecule has 0 bridgehead atoms. The number of benzene rings is 1. The SMILES string of the molecule is Cc1ccc(CCC(=O)N2CCN(S(N)(=O)=O)CC2)c(C)c1. The predicted molar refractivity (Wildman–Crippen MR) is 85.5 cm³/mol. The Morgan fingerprint density at radius 3 is 2.36 bits per heavy atom. The van der Waals surface area contributed by atoms with E-state index in [2.05, 4.69) is 25.1 Å². The fourth-order valence-corrected chi connectivity index (χ4v) is 3.39. The van der Waals surface area contributed by atoms with Crippen molar-refractivity contribution in [3.05, 3.63) is 34.9 Å². The maximum atomic E-state index is 12.2. The van der Waals surface area contributed by atoms with E-state index in [0.29, 0.717) is 25.9 Å². The highest BCUT2D eigenvalue weighted by Crippen LogP contribution is 2.14. The summed E-state index contributed by atoms with van der Waals surface area (Å²) in [4.78, 5) is 13.9. The van der Waals surface area contributed by atoms with Crippen molar-refractivity contribution in [1.29, 1.82) is 0 Å². The van der Waals surface area contributed by atoms with Crippen molar-refractivity contribution in [2.75, 3.05) is 26.2 Å². The number of hydrogen-bond acceptors (Lipinski definition) is 3. The number of rotatable bonds is 4. The molecule has 1 amide bonds. The highest BCUT2D eigenvalue weighted by Gasteiger charge is 2.26. The van der Waals surface area contributed by atoms with Crippen LogP contribution in [0.3, 0.4) is 0 Å². The van der Waals surface area contributed by atoms with Gasteiger partial charge >= 0.3 is 0 Å². The first-order valence-corrected chi connectivity index (χ1v) is 8.89. The van der Waals surface area contributed by atoms with Gasteiger partial charge in [0.05, 0.1) is 0 Å². The van der Waals surface area contributed by atoms with Crippen LogP contribution in [-0.4, -0.2) is 49.7 Å². The molecule has 6 nitrogen and oxygen atoms in total. The van der Waals surface area contributed by atoms with Gasteiger partial charge in [-0.3, -0.25) is 4.79 Å². The Hall–Kier alpha value is -1.44. The van der Waals surface area contributed by atoms with Crippen LogP contribution in [0.2, 0.25) is 0 Å². The second kappa shape index (κ2) is 6.76. The van der Waals surface area contributed by atoms with E-state index < -0.39 is 10.2 Å². The summed E-state index contributed by atoms with van der Waals surface area (Å²) in [5.74, 6) is 0.0639. The first kappa shape index (κ1) is 16.9. The summed E-state index contributed by atoms with van der Waals surface area (Å²) < 4.78 is 23.7. The summed E-state index contributed by atoms with van der Waals surface area (Å²) in [5, 5.41) is 5.09. The predicted octanol–water partition coefficient (Wildman–Crippen LogP) is 0.584. The number of piperazine rings is 1. The van der Waals surface area contributed by atoms with Gasteiger partial charge < -0.3 is 4.90 Å². The molecule has 1 aromatic carbocycles. The number of nitrogens with two attached hydrogens (primary N) is 1. The van der Waals surface area contributed by atoms with Crippen molar-refractivity contribution in [3.8, 4) is 0 Å². The van der Waals surface area contributed by atoms with E-state index >= 15 is 0 Å². The van der Waals surface area contributed by atoms with Gasteiger partial charge in [0.25, 0.3) is 10.2 Å². The normalized spacial score (nSPS) is 16.8. The van der Waals surface area contributed by atoms with Crippen molar-refractivity contribution in [1.82, 2.24) is 9.21 Å². The molecule has 0 aromatic heterocycles. The van der Waals surface area contributed by atoms with Crippen LogP contribution in [0.25, 0.3) is 0 Å². The summed E-state index contributed by atoms with van der Waals surface area (Å²) in [6.07, 6.45) is 1.15. The fourth-order valence-electron chi connectivity index (χ4n) is 2.72. The zero-order valence-corrected chi connectivity index (χ0v) is 13.9. The van der Waals surface area contributed by atoms with Crippen LogP contribution in [0, 0.1) is 13.8 Å². The van der Waals surface area contributed by atoms with Crippen LogP contribution in [0.1, 0.15) is 23.1 Å². The van der Waals surface area contributed by atoms with Crippen LogP contribution >= 0.6 is 0 Å². The van der Waals surface area contributed by atoms with Crippen molar-refractivity contribution in [2.45, 2.75) is 26.7 Å². The smallest absolute Gasteiger partial charge is 0.277 e. The third kappa shape index (κ3) is 4.28. The zero-order valence-electron chi connectivity index (χ0n) is 13.1. The summed E-state index contributed by atoms with van der Waals surface area (Å²) in [6.45, 7) is 5.46. The molecule has 1 heterocycles. The lowest BCUT2D eigenvalue weighted by atomic mass is 10.0. The van der Waals surface area contributed by atoms with Gasteiger partial charge in [0, 0.05) is 32.6 Å². The van der Waals surface area contributed by atoms with Gasteiger partial charge in [0.1, 0.15) is 0 Å². The lowest BCUT2D eigenvalue weighted by Gasteiger charge is -2.33. The van der Waals surface area contributed by atoms with Gasteiger partial charge in [-0.15, -0.1) is 0 Å². The number of aryl methyl sites for hydroxylation is 3. The highest BCUT2D eigenvalue weighted by molar-refractivity contribution is 7.86. The Bertz CT molecular complexity index is 650. The maximum Gasteiger partial charge on any atom is 0.277 e. The average Bonchev–Trinajstić information content (AvgIpc) is 2.45. The molecular weight excluding hydrogens is 302 g/mol. The molecule has 22 heavy (non-hydrogen) atoms. The Morgan fingerprint density at radius 1 is 1.18 bits per heavy atom. The van der Waals surface area contributed by atoms with E-state index in [-0.39, 0.29) is 19.0 Å². The molecule has 0 radical (unpaired) electrons. The molecule has 0 aliphatic carbocycles. The first-order valence-electron chi connectivity index (χ1n) is 7.39. The molecule has 1 saturated heterocycles. The number of amides is 1. The van der Waals surface area contributed by atoms with Crippen molar-refractivity contribution in [2.24, 2.45) is 5.14 Å². The van der Waals surface area contributed by atoms with Gasteiger partial charge in [-0.2, -0.15) is 12.7 Å². The van der Waals surface area contributed by atoms with E-state index in [1.165, 1.54) is 21.0 Å².